The van der Waals surface area contributed by atoms with Gasteiger partial charge in [0.15, 0.2) is 11.5 Å². The summed E-state index contributed by atoms with van der Waals surface area (Å²) in [4.78, 5) is 27.1. The molecule has 170 valence electrons. The monoisotopic (exact) mass is 476 g/mol. The Morgan fingerprint density at radius 1 is 1.22 bits per heavy atom. The summed E-state index contributed by atoms with van der Waals surface area (Å²) in [5.41, 5.74) is 1.34. The molecule has 0 spiro atoms. The number of nitrogens with zero attached hydrogens (tertiary/aromatic N) is 1. The third-order valence-electron chi connectivity index (χ3n) is 4.78. The summed E-state index contributed by atoms with van der Waals surface area (Å²) >= 11 is 7.81. The maximum Gasteiger partial charge on any atom is 0.248 e. The van der Waals surface area contributed by atoms with Crippen LogP contribution in [0.25, 0.3) is 6.08 Å². The van der Waals surface area contributed by atoms with E-state index < -0.39 is 6.04 Å². The highest BCUT2D eigenvalue weighted by molar-refractivity contribution is 7.99. The van der Waals surface area contributed by atoms with E-state index in [0.29, 0.717) is 51.8 Å². The average Bonchev–Trinajstić information content (AvgIpc) is 3.28. The first kappa shape index (κ1) is 23.8. The van der Waals surface area contributed by atoms with Gasteiger partial charge in [-0.25, -0.2) is 0 Å². The molecular formula is C23H25ClN2O5S. The number of halogens is 1. The molecule has 2 aromatic carbocycles. The Morgan fingerprint density at radius 2 is 1.97 bits per heavy atom. The number of thioether (sulfide) groups is 1. The van der Waals surface area contributed by atoms with Crippen molar-refractivity contribution in [2.75, 3.05) is 37.8 Å². The molecule has 0 aliphatic carbocycles. The molecule has 0 radical (unpaired) electrons. The maximum absolute atomic E-state index is 12.8. The molecule has 1 fully saturated rings. The molecule has 2 amide bonds. The van der Waals surface area contributed by atoms with E-state index in [1.807, 2.05) is 6.92 Å². The van der Waals surface area contributed by atoms with E-state index in [1.54, 1.807) is 54.5 Å². The first-order valence-electron chi connectivity index (χ1n) is 9.98. The molecule has 1 unspecified atom stereocenters. The molecule has 0 aromatic heterocycles. The molecule has 0 saturated carbocycles. The lowest BCUT2D eigenvalue weighted by Gasteiger charge is -2.21. The highest BCUT2D eigenvalue weighted by Gasteiger charge is 2.33. The molecule has 1 saturated heterocycles. The summed E-state index contributed by atoms with van der Waals surface area (Å²) in [6, 6.07) is 9.94. The summed E-state index contributed by atoms with van der Waals surface area (Å²) in [6.07, 6.45) is 3.09. The number of nitrogens with one attached hydrogen (secondary N) is 1. The van der Waals surface area contributed by atoms with Gasteiger partial charge in [0.25, 0.3) is 0 Å². The molecule has 1 aliphatic rings. The number of carbonyl (C=O) groups is 2. The topological polar surface area (TPSA) is 77.1 Å². The van der Waals surface area contributed by atoms with E-state index in [9.17, 15) is 9.59 Å². The zero-order chi connectivity index (χ0) is 23.1. The molecule has 2 aromatic rings. The van der Waals surface area contributed by atoms with E-state index in [-0.39, 0.29) is 11.8 Å². The lowest BCUT2D eigenvalue weighted by molar-refractivity contribution is -0.132. The number of ether oxygens (including phenoxy) is 3. The molecule has 9 heteroatoms. The van der Waals surface area contributed by atoms with Crippen LogP contribution in [0.5, 0.6) is 17.2 Å². The molecule has 1 atom stereocenters. The van der Waals surface area contributed by atoms with E-state index in [4.69, 9.17) is 25.8 Å². The van der Waals surface area contributed by atoms with Crippen molar-refractivity contribution in [3.05, 3.63) is 53.1 Å². The Balaban J connectivity index is 1.69. The number of anilines is 1. The van der Waals surface area contributed by atoms with Gasteiger partial charge in [-0.05, 0) is 55.0 Å². The zero-order valence-electron chi connectivity index (χ0n) is 18.1. The Bertz CT molecular complexity index is 997. The number of amides is 2. The van der Waals surface area contributed by atoms with Gasteiger partial charge in [-0.15, -0.1) is 11.8 Å². The van der Waals surface area contributed by atoms with E-state index in [2.05, 4.69) is 5.32 Å². The van der Waals surface area contributed by atoms with Crippen molar-refractivity contribution in [3.63, 3.8) is 0 Å². The molecule has 1 heterocycles. The predicted octanol–water partition coefficient (Wildman–Crippen LogP) is 4.31. The smallest absolute Gasteiger partial charge is 0.248 e. The first-order chi connectivity index (χ1) is 15.5. The van der Waals surface area contributed by atoms with Gasteiger partial charge in [-0.3, -0.25) is 9.59 Å². The van der Waals surface area contributed by atoms with Gasteiger partial charge < -0.3 is 24.4 Å². The van der Waals surface area contributed by atoms with Crippen LogP contribution >= 0.6 is 23.4 Å². The largest absolute Gasteiger partial charge is 0.497 e. The van der Waals surface area contributed by atoms with Gasteiger partial charge >= 0.3 is 0 Å². The second kappa shape index (κ2) is 11.2. The van der Waals surface area contributed by atoms with Gasteiger partial charge in [0.2, 0.25) is 11.8 Å². The van der Waals surface area contributed by atoms with Crippen molar-refractivity contribution >= 4 is 46.9 Å². The summed E-state index contributed by atoms with van der Waals surface area (Å²) < 4.78 is 16.0. The predicted molar refractivity (Wildman–Crippen MR) is 128 cm³/mol. The van der Waals surface area contributed by atoms with E-state index in [1.165, 1.54) is 24.9 Å². The van der Waals surface area contributed by atoms with Crippen LogP contribution in [-0.2, 0) is 9.59 Å². The minimum Gasteiger partial charge on any atom is -0.497 e. The Kier molecular flexibility index (Phi) is 8.30. The quantitative estimate of drug-likeness (QED) is 0.572. The van der Waals surface area contributed by atoms with Crippen molar-refractivity contribution < 1.29 is 23.8 Å². The van der Waals surface area contributed by atoms with Gasteiger partial charge in [-0.2, -0.15) is 0 Å². The second-order valence-electron chi connectivity index (χ2n) is 6.84. The minimum absolute atomic E-state index is 0.229. The molecule has 0 bridgehead atoms. The van der Waals surface area contributed by atoms with Crippen molar-refractivity contribution in [2.45, 2.75) is 13.0 Å². The third-order valence-corrected chi connectivity index (χ3v) is 6.07. The normalized spacial score (nSPS) is 15.6. The van der Waals surface area contributed by atoms with Crippen LogP contribution in [0.2, 0.25) is 5.02 Å². The number of rotatable bonds is 8. The van der Waals surface area contributed by atoms with Crippen LogP contribution < -0.4 is 19.5 Å². The average molecular weight is 477 g/mol. The van der Waals surface area contributed by atoms with Gasteiger partial charge in [0.1, 0.15) is 11.8 Å². The van der Waals surface area contributed by atoms with Crippen molar-refractivity contribution in [2.24, 2.45) is 0 Å². The summed E-state index contributed by atoms with van der Waals surface area (Å²) in [5, 5.41) is 3.25. The molecule has 7 nitrogen and oxygen atoms in total. The van der Waals surface area contributed by atoms with Crippen LogP contribution in [0, 0.1) is 0 Å². The number of hydrogen-bond acceptors (Lipinski definition) is 6. The highest BCUT2D eigenvalue weighted by Crippen LogP contribution is 2.36. The summed E-state index contributed by atoms with van der Waals surface area (Å²) in [5.74, 6) is 2.14. The third kappa shape index (κ3) is 5.69. The van der Waals surface area contributed by atoms with Gasteiger partial charge in [0.05, 0.1) is 31.7 Å². The van der Waals surface area contributed by atoms with Gasteiger partial charge in [-0.1, -0.05) is 11.6 Å². The SMILES string of the molecule is CCOc1cc(/C=C/C(=O)N2CSCC2C(=O)Nc2ccc(OC)cc2)cc(Cl)c1OC. The minimum atomic E-state index is -0.558. The lowest BCUT2D eigenvalue weighted by Crippen LogP contribution is -2.43. The van der Waals surface area contributed by atoms with Crippen molar-refractivity contribution in [1.82, 2.24) is 4.90 Å². The lowest BCUT2D eigenvalue weighted by atomic mass is 10.1. The fraction of sp³-hybridized carbons (Fsp3) is 0.304. The van der Waals surface area contributed by atoms with Crippen molar-refractivity contribution in [1.29, 1.82) is 0 Å². The number of benzene rings is 2. The van der Waals surface area contributed by atoms with Crippen LogP contribution in [0.3, 0.4) is 0 Å². The highest BCUT2D eigenvalue weighted by atomic mass is 35.5. The standard InChI is InChI=1S/C23H25ClN2O5S/c1-4-31-20-12-15(11-18(24)22(20)30-3)5-10-21(27)26-14-32-13-19(26)23(28)25-16-6-8-17(29-2)9-7-16/h5-12,19H,4,13-14H2,1-3H3,(H,25,28)/b10-5+. The second-order valence-corrected chi connectivity index (χ2v) is 8.25. The molecular weight excluding hydrogens is 452 g/mol. The molecule has 3 rings (SSSR count). The van der Waals surface area contributed by atoms with Gasteiger partial charge in [0, 0.05) is 17.5 Å². The molecule has 32 heavy (non-hydrogen) atoms. The van der Waals surface area contributed by atoms with Crippen LogP contribution in [0.1, 0.15) is 12.5 Å². The Hall–Kier alpha value is -2.84. The summed E-state index contributed by atoms with van der Waals surface area (Å²) in [7, 11) is 3.10. The van der Waals surface area contributed by atoms with E-state index >= 15 is 0 Å². The fourth-order valence-electron chi connectivity index (χ4n) is 3.19. The van der Waals surface area contributed by atoms with Crippen LogP contribution in [0.4, 0.5) is 5.69 Å². The Morgan fingerprint density at radius 3 is 2.62 bits per heavy atom. The number of methoxy groups -OCH3 is 2. The maximum atomic E-state index is 12.8. The fourth-order valence-corrected chi connectivity index (χ4v) is 4.65. The first-order valence-corrected chi connectivity index (χ1v) is 11.5. The zero-order valence-corrected chi connectivity index (χ0v) is 19.7. The summed E-state index contributed by atoms with van der Waals surface area (Å²) in [6.45, 7) is 2.32. The Labute approximate surface area is 196 Å². The molecule has 1 N–H and O–H groups in total. The van der Waals surface area contributed by atoms with E-state index in [0.717, 1.165) is 0 Å². The van der Waals surface area contributed by atoms with Crippen LogP contribution in [0.15, 0.2) is 42.5 Å². The number of hydrogen-bond donors (Lipinski definition) is 1. The van der Waals surface area contributed by atoms with Crippen molar-refractivity contribution in [3.8, 4) is 17.2 Å². The van der Waals surface area contributed by atoms with Crippen LogP contribution in [-0.4, -0.2) is 55.2 Å². The number of carbonyl (C=O) groups excluding carboxylic acids is 2. The molecule has 1 aliphatic heterocycles.